The van der Waals surface area contributed by atoms with Gasteiger partial charge in [-0.15, -0.1) is 0 Å². The lowest BCUT2D eigenvalue weighted by Gasteiger charge is -1.97. The lowest BCUT2D eigenvalue weighted by atomic mass is 10.2. The van der Waals surface area contributed by atoms with Crippen LogP contribution in [0.25, 0.3) is 0 Å². The predicted molar refractivity (Wildman–Crippen MR) is 66.4 cm³/mol. The van der Waals surface area contributed by atoms with Crippen LogP contribution in [0.15, 0.2) is 41.8 Å². The van der Waals surface area contributed by atoms with E-state index in [1.54, 1.807) is 19.9 Å². The molecule has 1 heterocycles. The lowest BCUT2D eigenvalue weighted by molar-refractivity contribution is -0.687. The molecule has 0 aromatic carbocycles. The minimum Gasteiger partial charge on any atom is -0.463 e. The van der Waals surface area contributed by atoms with E-state index in [0.29, 0.717) is 18.9 Å². The second kappa shape index (κ2) is 7.21. The van der Waals surface area contributed by atoms with E-state index < -0.39 is 0 Å². The number of aromatic nitrogens is 1. The van der Waals surface area contributed by atoms with Crippen LogP contribution in [0.1, 0.15) is 19.4 Å². The van der Waals surface area contributed by atoms with Crippen LogP contribution in [0, 0.1) is 0 Å². The van der Waals surface area contributed by atoms with Gasteiger partial charge in [-0.1, -0.05) is 5.16 Å². The van der Waals surface area contributed by atoms with Gasteiger partial charge in [0.05, 0.1) is 17.9 Å². The Morgan fingerprint density at radius 2 is 2.39 bits per heavy atom. The summed E-state index contributed by atoms with van der Waals surface area (Å²) in [6.07, 6.45) is 6.82. The number of ether oxygens (including phenoxy) is 1. The molecule has 0 amide bonds. The molecule has 1 aromatic rings. The standard InChI is InChI=1S/C13H16N2O3/c1-3-18-13(16)7-5-9-15-8-4-6-12(10-15)11(2)14-17/h4-8,10H,3,9H2,1-2H3/p+1/b7-5+,14-11+. The number of esters is 1. The smallest absolute Gasteiger partial charge is 0.330 e. The van der Waals surface area contributed by atoms with Gasteiger partial charge >= 0.3 is 5.97 Å². The molecule has 1 N–H and O–H groups in total. The molecule has 0 aliphatic rings. The van der Waals surface area contributed by atoms with Gasteiger partial charge in [0, 0.05) is 12.1 Å². The van der Waals surface area contributed by atoms with Crippen molar-refractivity contribution in [2.45, 2.75) is 20.4 Å². The molecule has 1 aromatic heterocycles. The van der Waals surface area contributed by atoms with Crippen molar-refractivity contribution in [2.24, 2.45) is 5.16 Å². The van der Waals surface area contributed by atoms with Gasteiger partial charge in [-0.25, -0.2) is 9.36 Å². The first kappa shape index (κ1) is 13.9. The van der Waals surface area contributed by atoms with Crippen molar-refractivity contribution >= 4 is 11.7 Å². The molecular weight excluding hydrogens is 232 g/mol. The van der Waals surface area contributed by atoms with Gasteiger partial charge < -0.3 is 9.94 Å². The maximum absolute atomic E-state index is 11.1. The van der Waals surface area contributed by atoms with Gasteiger partial charge in [-0.2, -0.15) is 0 Å². The maximum Gasteiger partial charge on any atom is 0.330 e. The number of pyridine rings is 1. The van der Waals surface area contributed by atoms with Gasteiger partial charge in [0.2, 0.25) is 0 Å². The first-order valence-electron chi connectivity index (χ1n) is 5.68. The van der Waals surface area contributed by atoms with Gasteiger partial charge in [0.15, 0.2) is 18.9 Å². The summed E-state index contributed by atoms with van der Waals surface area (Å²) < 4.78 is 6.65. The normalized spacial score (nSPS) is 11.8. The number of allylic oxidation sites excluding steroid dienone is 1. The van der Waals surface area contributed by atoms with Gasteiger partial charge in [0.25, 0.3) is 0 Å². The van der Waals surface area contributed by atoms with E-state index in [1.165, 1.54) is 6.08 Å². The first-order chi connectivity index (χ1) is 8.67. The summed E-state index contributed by atoms with van der Waals surface area (Å²) in [6.45, 7) is 4.40. The Balaban J connectivity index is 2.66. The fraction of sp³-hybridized carbons (Fsp3) is 0.308. The van der Waals surface area contributed by atoms with Crippen LogP contribution in [0.3, 0.4) is 0 Å². The van der Waals surface area contributed by atoms with E-state index in [4.69, 9.17) is 9.94 Å². The number of nitrogens with zero attached hydrogens (tertiary/aromatic N) is 2. The fourth-order valence-electron chi connectivity index (χ4n) is 1.37. The molecule has 0 bridgehead atoms. The molecule has 0 aliphatic heterocycles. The van der Waals surface area contributed by atoms with Crippen LogP contribution in [-0.2, 0) is 16.1 Å². The molecule has 18 heavy (non-hydrogen) atoms. The van der Waals surface area contributed by atoms with Gasteiger partial charge in [-0.3, -0.25) is 0 Å². The Kier molecular flexibility index (Phi) is 5.57. The number of carbonyl (C=O) groups is 1. The Labute approximate surface area is 106 Å². The zero-order chi connectivity index (χ0) is 13.4. The second-order valence-electron chi connectivity index (χ2n) is 3.63. The van der Waals surface area contributed by atoms with E-state index in [-0.39, 0.29) is 5.97 Å². The third-order valence-electron chi connectivity index (χ3n) is 2.28. The quantitative estimate of drug-likeness (QED) is 0.214. The monoisotopic (exact) mass is 249 g/mol. The molecule has 0 radical (unpaired) electrons. The predicted octanol–water partition coefficient (Wildman–Crippen LogP) is 1.29. The van der Waals surface area contributed by atoms with Crippen molar-refractivity contribution in [2.75, 3.05) is 6.61 Å². The van der Waals surface area contributed by atoms with Crippen molar-refractivity contribution in [1.82, 2.24) is 0 Å². The lowest BCUT2D eigenvalue weighted by Crippen LogP contribution is -2.32. The summed E-state index contributed by atoms with van der Waals surface area (Å²) in [5, 5.41) is 11.8. The van der Waals surface area contributed by atoms with Gasteiger partial charge in [0.1, 0.15) is 0 Å². The second-order valence-corrected chi connectivity index (χ2v) is 3.63. The summed E-state index contributed by atoms with van der Waals surface area (Å²) in [5.74, 6) is -0.345. The maximum atomic E-state index is 11.1. The summed E-state index contributed by atoms with van der Waals surface area (Å²) in [6, 6.07) is 3.70. The van der Waals surface area contributed by atoms with E-state index in [9.17, 15) is 4.79 Å². The number of hydrogen-bond acceptors (Lipinski definition) is 4. The number of oxime groups is 1. The van der Waals surface area contributed by atoms with Crippen molar-refractivity contribution in [3.05, 3.63) is 42.2 Å². The Morgan fingerprint density at radius 3 is 3.06 bits per heavy atom. The highest BCUT2D eigenvalue weighted by Gasteiger charge is 2.04. The highest BCUT2D eigenvalue weighted by atomic mass is 16.5. The summed E-state index contributed by atoms with van der Waals surface area (Å²) in [7, 11) is 0. The minimum atomic E-state index is -0.345. The molecule has 96 valence electrons. The molecule has 5 heteroatoms. The van der Waals surface area contributed by atoms with Crippen molar-refractivity contribution in [1.29, 1.82) is 0 Å². The molecule has 0 saturated heterocycles. The summed E-state index contributed by atoms with van der Waals surface area (Å²) in [5.41, 5.74) is 1.36. The Hall–Kier alpha value is -2.17. The van der Waals surface area contributed by atoms with Crippen molar-refractivity contribution in [3.8, 4) is 0 Å². The molecule has 0 saturated carbocycles. The van der Waals surface area contributed by atoms with Crippen LogP contribution in [0.4, 0.5) is 0 Å². The molecule has 0 aliphatic carbocycles. The fourth-order valence-corrected chi connectivity index (χ4v) is 1.37. The van der Waals surface area contributed by atoms with E-state index in [2.05, 4.69) is 5.16 Å². The van der Waals surface area contributed by atoms with Crippen LogP contribution in [0.2, 0.25) is 0 Å². The first-order valence-corrected chi connectivity index (χ1v) is 5.68. The zero-order valence-electron chi connectivity index (χ0n) is 10.5. The van der Waals surface area contributed by atoms with E-state index >= 15 is 0 Å². The molecule has 1 rings (SSSR count). The molecular formula is C13H17N2O3+. The third-order valence-corrected chi connectivity index (χ3v) is 2.28. The van der Waals surface area contributed by atoms with E-state index in [1.807, 2.05) is 29.1 Å². The van der Waals surface area contributed by atoms with Crippen molar-refractivity contribution < 1.29 is 19.3 Å². The average molecular weight is 249 g/mol. The van der Waals surface area contributed by atoms with E-state index in [0.717, 1.165) is 5.56 Å². The molecule has 0 atom stereocenters. The molecule has 0 unspecified atom stereocenters. The molecule has 5 nitrogen and oxygen atoms in total. The van der Waals surface area contributed by atoms with Crippen LogP contribution in [0.5, 0.6) is 0 Å². The highest BCUT2D eigenvalue weighted by molar-refractivity contribution is 5.97. The number of rotatable bonds is 5. The number of hydrogen-bond donors (Lipinski definition) is 1. The Bertz CT molecular complexity index is 467. The average Bonchev–Trinajstić information content (AvgIpc) is 2.38. The molecule has 0 fully saturated rings. The minimum absolute atomic E-state index is 0.345. The summed E-state index contributed by atoms with van der Waals surface area (Å²) in [4.78, 5) is 11.1. The SMILES string of the molecule is CCOC(=O)/C=C/C[n+]1cccc(/C(C)=N/O)c1. The third kappa shape index (κ3) is 4.37. The topological polar surface area (TPSA) is 62.8 Å². The zero-order valence-corrected chi connectivity index (χ0v) is 10.5. The number of carbonyl (C=O) groups excluding carboxylic acids is 1. The Morgan fingerprint density at radius 1 is 1.61 bits per heavy atom. The van der Waals surface area contributed by atoms with Crippen LogP contribution >= 0.6 is 0 Å². The van der Waals surface area contributed by atoms with Crippen molar-refractivity contribution in [3.63, 3.8) is 0 Å². The summed E-state index contributed by atoms with van der Waals surface area (Å²) >= 11 is 0. The largest absolute Gasteiger partial charge is 0.463 e. The highest BCUT2D eigenvalue weighted by Crippen LogP contribution is 1.96. The van der Waals surface area contributed by atoms with Crippen LogP contribution < -0.4 is 4.57 Å². The van der Waals surface area contributed by atoms with Crippen LogP contribution in [-0.4, -0.2) is 23.5 Å². The van der Waals surface area contributed by atoms with Gasteiger partial charge in [-0.05, 0) is 26.0 Å². The molecule has 0 spiro atoms.